The van der Waals surface area contributed by atoms with E-state index in [4.69, 9.17) is 17.0 Å². The van der Waals surface area contributed by atoms with Crippen LogP contribution in [0, 0.1) is 0 Å². The van der Waals surface area contributed by atoms with E-state index in [1.807, 2.05) is 6.92 Å². The van der Waals surface area contributed by atoms with Gasteiger partial charge < -0.3 is 14.6 Å². The van der Waals surface area contributed by atoms with Crippen LogP contribution in [0.1, 0.15) is 12.5 Å². The molecular weight excluding hydrogens is 338 g/mol. The molecule has 0 aromatic heterocycles. The van der Waals surface area contributed by atoms with Gasteiger partial charge in [0.1, 0.15) is 10.9 Å². The van der Waals surface area contributed by atoms with Gasteiger partial charge in [-0.15, -0.1) is 0 Å². The smallest absolute Gasteiger partial charge is 0.325 e. The molecular formula is C15H15NO5S2. The fourth-order valence-corrected chi connectivity index (χ4v) is 3.13. The first kappa shape index (κ1) is 17.3. The first-order valence-corrected chi connectivity index (χ1v) is 7.96. The lowest BCUT2D eigenvalue weighted by molar-refractivity contribution is -0.143. The fourth-order valence-electron chi connectivity index (χ4n) is 1.87. The highest BCUT2D eigenvalue weighted by molar-refractivity contribution is 8.26. The minimum Gasteiger partial charge on any atom is -0.504 e. The maximum atomic E-state index is 12.3. The average Bonchev–Trinajstić information content (AvgIpc) is 2.78. The number of hydrogen-bond donors (Lipinski definition) is 1. The first-order chi connectivity index (χ1) is 11.0. The van der Waals surface area contributed by atoms with Crippen LogP contribution in [0.3, 0.4) is 0 Å². The number of amides is 1. The molecule has 0 radical (unpaired) electrons. The quantitative estimate of drug-likeness (QED) is 0.494. The Morgan fingerprint density at radius 2 is 2.22 bits per heavy atom. The zero-order valence-corrected chi connectivity index (χ0v) is 14.2. The highest BCUT2D eigenvalue weighted by Gasteiger charge is 2.33. The lowest BCUT2D eigenvalue weighted by Gasteiger charge is -2.11. The molecule has 1 aliphatic heterocycles. The van der Waals surface area contributed by atoms with Crippen molar-refractivity contribution in [3.8, 4) is 11.5 Å². The number of benzene rings is 1. The van der Waals surface area contributed by atoms with E-state index in [-0.39, 0.29) is 18.2 Å². The molecule has 1 saturated heterocycles. The molecule has 1 aromatic carbocycles. The molecule has 0 unspecified atom stereocenters. The molecule has 0 aliphatic carbocycles. The minimum atomic E-state index is -0.536. The molecule has 1 aromatic rings. The molecule has 122 valence electrons. The summed E-state index contributed by atoms with van der Waals surface area (Å²) in [5, 5.41) is 9.69. The van der Waals surface area contributed by atoms with Gasteiger partial charge >= 0.3 is 5.97 Å². The summed E-state index contributed by atoms with van der Waals surface area (Å²) >= 11 is 6.23. The van der Waals surface area contributed by atoms with Crippen molar-refractivity contribution >= 4 is 46.3 Å². The van der Waals surface area contributed by atoms with Crippen LogP contribution < -0.4 is 4.74 Å². The van der Waals surface area contributed by atoms with Crippen molar-refractivity contribution in [2.75, 3.05) is 20.3 Å². The summed E-state index contributed by atoms with van der Waals surface area (Å²) in [6.45, 7) is 2.01. The van der Waals surface area contributed by atoms with Gasteiger partial charge in [-0.05, 0) is 30.7 Å². The first-order valence-electron chi connectivity index (χ1n) is 6.74. The molecule has 2 rings (SSSR count). The summed E-state index contributed by atoms with van der Waals surface area (Å²) in [6.07, 6.45) is 1.64. The van der Waals surface area contributed by atoms with Crippen molar-refractivity contribution in [2.45, 2.75) is 6.92 Å². The number of nitrogens with zero attached hydrogens (tertiary/aromatic N) is 1. The second-order valence-electron chi connectivity index (χ2n) is 4.50. The Bertz CT molecular complexity index is 686. The molecule has 1 N–H and O–H groups in total. The molecule has 1 amide bonds. The number of esters is 1. The second-order valence-corrected chi connectivity index (χ2v) is 6.18. The van der Waals surface area contributed by atoms with Crippen LogP contribution in [0.4, 0.5) is 0 Å². The van der Waals surface area contributed by atoms with E-state index >= 15 is 0 Å². The van der Waals surface area contributed by atoms with Crippen LogP contribution in [0.5, 0.6) is 11.5 Å². The molecule has 1 fully saturated rings. The van der Waals surface area contributed by atoms with Crippen LogP contribution in [0.15, 0.2) is 23.1 Å². The number of phenolic OH excluding ortho intramolecular Hbond substituents is 1. The van der Waals surface area contributed by atoms with Gasteiger partial charge in [0.15, 0.2) is 11.5 Å². The number of thioether (sulfide) groups is 1. The van der Waals surface area contributed by atoms with E-state index in [0.717, 1.165) is 11.8 Å². The Hall–Kier alpha value is -2.06. The Morgan fingerprint density at radius 3 is 2.87 bits per heavy atom. The van der Waals surface area contributed by atoms with Crippen molar-refractivity contribution in [2.24, 2.45) is 0 Å². The van der Waals surface area contributed by atoms with E-state index in [2.05, 4.69) is 4.74 Å². The molecule has 1 aliphatic rings. The van der Waals surface area contributed by atoms with Gasteiger partial charge in [0.05, 0.1) is 18.6 Å². The summed E-state index contributed by atoms with van der Waals surface area (Å²) < 4.78 is 10.2. The minimum absolute atomic E-state index is 0.0299. The van der Waals surface area contributed by atoms with Crippen molar-refractivity contribution in [3.63, 3.8) is 0 Å². The van der Waals surface area contributed by atoms with Gasteiger partial charge in [-0.2, -0.15) is 0 Å². The monoisotopic (exact) mass is 353 g/mol. The third-order valence-electron chi connectivity index (χ3n) is 2.97. The van der Waals surface area contributed by atoms with Crippen LogP contribution in [-0.4, -0.2) is 46.5 Å². The Balaban J connectivity index is 2.23. The Labute approximate surface area is 143 Å². The Kier molecular flexibility index (Phi) is 5.62. The lowest BCUT2D eigenvalue weighted by Crippen LogP contribution is -2.33. The van der Waals surface area contributed by atoms with Gasteiger partial charge in [0.25, 0.3) is 5.91 Å². The Morgan fingerprint density at radius 1 is 1.48 bits per heavy atom. The summed E-state index contributed by atoms with van der Waals surface area (Å²) in [7, 11) is 1.25. The number of thiocarbonyl (C=S) groups is 1. The van der Waals surface area contributed by atoms with Crippen LogP contribution in [-0.2, 0) is 14.3 Å². The summed E-state index contributed by atoms with van der Waals surface area (Å²) in [6, 6.07) is 4.78. The van der Waals surface area contributed by atoms with Crippen LogP contribution >= 0.6 is 24.0 Å². The molecule has 23 heavy (non-hydrogen) atoms. The normalized spacial score (nSPS) is 16.1. The highest BCUT2D eigenvalue weighted by Crippen LogP contribution is 2.34. The molecule has 8 heteroatoms. The topological polar surface area (TPSA) is 76.1 Å². The van der Waals surface area contributed by atoms with E-state index in [0.29, 0.717) is 27.1 Å². The molecule has 0 spiro atoms. The predicted molar refractivity (Wildman–Crippen MR) is 91.2 cm³/mol. The standard InChI is InChI=1S/C15H15NO5S2/c1-3-21-11-6-9(4-5-10(11)17)7-12-14(19)16(15(22)23-12)8-13(18)20-2/h4-7,17H,3,8H2,1-2H3/b12-7+. The van der Waals surface area contributed by atoms with Gasteiger partial charge in [-0.1, -0.05) is 30.0 Å². The number of carbonyl (C=O) groups excluding carboxylic acids is 2. The SMILES string of the molecule is CCOc1cc(/C=C2/SC(=S)N(CC(=O)OC)C2=O)ccc1O. The highest BCUT2D eigenvalue weighted by atomic mass is 32.2. The van der Waals surface area contributed by atoms with Crippen LogP contribution in [0.25, 0.3) is 6.08 Å². The lowest BCUT2D eigenvalue weighted by atomic mass is 10.2. The molecule has 1 heterocycles. The van der Waals surface area contributed by atoms with E-state index in [9.17, 15) is 14.7 Å². The summed E-state index contributed by atoms with van der Waals surface area (Å²) in [5.41, 5.74) is 0.685. The van der Waals surface area contributed by atoms with Gasteiger partial charge in [0, 0.05) is 0 Å². The van der Waals surface area contributed by atoms with Gasteiger partial charge in [-0.25, -0.2) is 0 Å². The van der Waals surface area contributed by atoms with E-state index in [1.54, 1.807) is 18.2 Å². The van der Waals surface area contributed by atoms with E-state index < -0.39 is 5.97 Å². The summed E-state index contributed by atoms with van der Waals surface area (Å²) in [5.74, 6) is -0.518. The maximum Gasteiger partial charge on any atom is 0.325 e. The van der Waals surface area contributed by atoms with Gasteiger partial charge in [-0.3, -0.25) is 14.5 Å². The largest absolute Gasteiger partial charge is 0.504 e. The number of ether oxygens (including phenoxy) is 2. The third kappa shape index (κ3) is 4.02. The number of methoxy groups -OCH3 is 1. The number of phenols is 1. The molecule has 6 nitrogen and oxygen atoms in total. The number of aromatic hydroxyl groups is 1. The third-order valence-corrected chi connectivity index (χ3v) is 4.35. The second kappa shape index (κ2) is 7.47. The van der Waals surface area contributed by atoms with Gasteiger partial charge in [0.2, 0.25) is 0 Å². The maximum absolute atomic E-state index is 12.3. The summed E-state index contributed by atoms with van der Waals surface area (Å²) in [4.78, 5) is 25.2. The van der Waals surface area contributed by atoms with Crippen LogP contribution in [0.2, 0.25) is 0 Å². The number of hydrogen-bond acceptors (Lipinski definition) is 7. The fraction of sp³-hybridized carbons (Fsp3) is 0.267. The average molecular weight is 353 g/mol. The zero-order valence-electron chi connectivity index (χ0n) is 12.6. The van der Waals surface area contributed by atoms with Crippen molar-refractivity contribution < 1.29 is 24.2 Å². The number of rotatable bonds is 5. The molecule has 0 saturated carbocycles. The van der Waals surface area contributed by atoms with Crippen molar-refractivity contribution in [1.29, 1.82) is 0 Å². The zero-order chi connectivity index (χ0) is 17.0. The van der Waals surface area contributed by atoms with E-state index in [1.165, 1.54) is 18.1 Å². The molecule has 0 bridgehead atoms. The predicted octanol–water partition coefficient (Wildman–Crippen LogP) is 2.17. The van der Waals surface area contributed by atoms with Crippen molar-refractivity contribution in [1.82, 2.24) is 4.90 Å². The molecule has 0 atom stereocenters. The number of carbonyl (C=O) groups is 2. The van der Waals surface area contributed by atoms with Crippen molar-refractivity contribution in [3.05, 3.63) is 28.7 Å².